The highest BCUT2D eigenvalue weighted by molar-refractivity contribution is 14.1. The van der Waals surface area contributed by atoms with Gasteiger partial charge in [-0.05, 0) is 65.1 Å². The summed E-state index contributed by atoms with van der Waals surface area (Å²) >= 11 is 2.22. The molecular formula is C15H14IN3O2. The lowest BCUT2D eigenvalue weighted by Gasteiger charge is -2.08. The Labute approximate surface area is 136 Å². The van der Waals surface area contributed by atoms with Crippen LogP contribution in [0.1, 0.15) is 10.4 Å². The Hall–Kier alpha value is -2.09. The van der Waals surface area contributed by atoms with E-state index < -0.39 is 5.91 Å². The number of rotatable bonds is 5. The van der Waals surface area contributed by atoms with Gasteiger partial charge in [-0.15, -0.1) is 0 Å². The average Bonchev–Trinajstić information content (AvgIpc) is 2.47. The lowest BCUT2D eigenvalue weighted by Crippen LogP contribution is -2.22. The summed E-state index contributed by atoms with van der Waals surface area (Å²) in [7, 11) is 0. The van der Waals surface area contributed by atoms with Crippen molar-refractivity contribution in [3.63, 3.8) is 0 Å². The maximum atomic E-state index is 11.8. The van der Waals surface area contributed by atoms with E-state index in [2.05, 4.69) is 33.2 Å². The molecule has 6 heteroatoms. The van der Waals surface area contributed by atoms with Crippen LogP contribution in [0, 0.1) is 3.57 Å². The number of benzene rings is 2. The highest BCUT2D eigenvalue weighted by atomic mass is 127. The van der Waals surface area contributed by atoms with Crippen LogP contribution in [0.25, 0.3) is 0 Å². The van der Waals surface area contributed by atoms with Gasteiger partial charge in [0, 0.05) is 20.5 Å². The van der Waals surface area contributed by atoms with E-state index in [1.165, 1.54) is 0 Å². The molecule has 5 nitrogen and oxygen atoms in total. The first kappa shape index (κ1) is 15.3. The van der Waals surface area contributed by atoms with Crippen LogP contribution in [0.2, 0.25) is 0 Å². The second-order valence-corrected chi connectivity index (χ2v) is 5.60. The Morgan fingerprint density at radius 1 is 1.05 bits per heavy atom. The Morgan fingerprint density at radius 2 is 1.76 bits per heavy atom. The highest BCUT2D eigenvalue weighted by Crippen LogP contribution is 2.12. The van der Waals surface area contributed by atoms with Gasteiger partial charge in [-0.2, -0.15) is 0 Å². The number of amides is 2. The summed E-state index contributed by atoms with van der Waals surface area (Å²) in [5.41, 5.74) is 6.97. The standard InChI is InChI=1S/C15H14IN3O2/c16-11-4-6-12(7-5-11)18-9-14(20)19-13-3-1-2-10(8-13)15(17)21/h1-8,18H,9H2,(H2,17,21)(H,19,20). The van der Waals surface area contributed by atoms with Crippen molar-refractivity contribution in [3.8, 4) is 0 Å². The molecule has 0 heterocycles. The van der Waals surface area contributed by atoms with Crippen LogP contribution in [-0.4, -0.2) is 18.4 Å². The van der Waals surface area contributed by atoms with Gasteiger partial charge < -0.3 is 16.4 Å². The Morgan fingerprint density at radius 3 is 2.43 bits per heavy atom. The van der Waals surface area contributed by atoms with Crippen molar-refractivity contribution >= 4 is 45.8 Å². The van der Waals surface area contributed by atoms with E-state index in [-0.39, 0.29) is 12.5 Å². The smallest absolute Gasteiger partial charge is 0.248 e. The first-order valence-corrected chi connectivity index (χ1v) is 7.31. The van der Waals surface area contributed by atoms with E-state index in [1.54, 1.807) is 24.3 Å². The molecular weight excluding hydrogens is 381 g/mol. The maximum Gasteiger partial charge on any atom is 0.248 e. The van der Waals surface area contributed by atoms with Gasteiger partial charge in [-0.3, -0.25) is 9.59 Å². The van der Waals surface area contributed by atoms with Gasteiger partial charge in [0.25, 0.3) is 0 Å². The lowest BCUT2D eigenvalue weighted by atomic mass is 10.2. The topological polar surface area (TPSA) is 84.2 Å². The van der Waals surface area contributed by atoms with Crippen molar-refractivity contribution in [2.75, 3.05) is 17.2 Å². The molecule has 0 fully saturated rings. The summed E-state index contributed by atoms with van der Waals surface area (Å²) in [6.45, 7) is 0.140. The zero-order valence-electron chi connectivity index (χ0n) is 11.1. The molecule has 0 saturated heterocycles. The number of halogens is 1. The molecule has 0 aromatic heterocycles. The summed E-state index contributed by atoms with van der Waals surface area (Å²) in [6, 6.07) is 14.2. The molecule has 21 heavy (non-hydrogen) atoms. The molecule has 2 amide bonds. The number of hydrogen-bond acceptors (Lipinski definition) is 3. The Balaban J connectivity index is 1.91. The van der Waals surface area contributed by atoms with Gasteiger partial charge in [0.15, 0.2) is 0 Å². The first-order valence-electron chi connectivity index (χ1n) is 6.24. The number of anilines is 2. The van der Waals surface area contributed by atoms with Crippen molar-refractivity contribution in [1.29, 1.82) is 0 Å². The molecule has 0 atom stereocenters. The zero-order valence-corrected chi connectivity index (χ0v) is 13.3. The minimum atomic E-state index is -0.525. The average molecular weight is 395 g/mol. The third-order valence-electron chi connectivity index (χ3n) is 2.73. The van der Waals surface area contributed by atoms with Crippen LogP contribution in [0.5, 0.6) is 0 Å². The predicted molar refractivity (Wildman–Crippen MR) is 91.2 cm³/mol. The van der Waals surface area contributed by atoms with Crippen molar-refractivity contribution in [2.24, 2.45) is 5.73 Å². The van der Waals surface area contributed by atoms with Crippen molar-refractivity contribution in [1.82, 2.24) is 0 Å². The summed E-state index contributed by atoms with van der Waals surface area (Å²) < 4.78 is 1.13. The molecule has 108 valence electrons. The molecule has 0 spiro atoms. The van der Waals surface area contributed by atoms with Crippen molar-refractivity contribution < 1.29 is 9.59 Å². The zero-order chi connectivity index (χ0) is 15.2. The highest BCUT2D eigenvalue weighted by Gasteiger charge is 2.05. The summed E-state index contributed by atoms with van der Waals surface area (Å²) in [4.78, 5) is 22.9. The van der Waals surface area contributed by atoms with Gasteiger partial charge in [-0.1, -0.05) is 6.07 Å². The molecule has 0 radical (unpaired) electrons. The van der Waals surface area contributed by atoms with Crippen LogP contribution < -0.4 is 16.4 Å². The van der Waals surface area contributed by atoms with Crippen LogP contribution in [0.15, 0.2) is 48.5 Å². The Kier molecular flexibility index (Phi) is 5.15. The molecule has 0 aliphatic rings. The minimum absolute atomic E-state index is 0.140. The van der Waals surface area contributed by atoms with E-state index >= 15 is 0 Å². The van der Waals surface area contributed by atoms with Gasteiger partial charge >= 0.3 is 0 Å². The third kappa shape index (κ3) is 4.75. The molecule has 2 aromatic carbocycles. The fraction of sp³-hybridized carbons (Fsp3) is 0.0667. The number of primary amides is 1. The van der Waals surface area contributed by atoms with Gasteiger partial charge in [0.1, 0.15) is 0 Å². The molecule has 0 unspecified atom stereocenters. The van der Waals surface area contributed by atoms with Crippen LogP contribution >= 0.6 is 22.6 Å². The number of carbonyl (C=O) groups excluding carboxylic acids is 2. The summed E-state index contributed by atoms with van der Waals surface area (Å²) in [6.07, 6.45) is 0. The van der Waals surface area contributed by atoms with Crippen LogP contribution in [0.4, 0.5) is 11.4 Å². The fourth-order valence-corrected chi connectivity index (χ4v) is 2.07. The van der Waals surface area contributed by atoms with Gasteiger partial charge in [0.2, 0.25) is 11.8 Å². The third-order valence-corrected chi connectivity index (χ3v) is 3.45. The molecule has 4 N–H and O–H groups in total. The number of hydrogen-bond donors (Lipinski definition) is 3. The number of nitrogens with two attached hydrogens (primary N) is 1. The van der Waals surface area contributed by atoms with Crippen molar-refractivity contribution in [3.05, 3.63) is 57.7 Å². The van der Waals surface area contributed by atoms with E-state index in [0.29, 0.717) is 11.3 Å². The van der Waals surface area contributed by atoms with E-state index in [9.17, 15) is 9.59 Å². The summed E-state index contributed by atoms with van der Waals surface area (Å²) in [5, 5.41) is 5.73. The second kappa shape index (κ2) is 7.07. The number of nitrogens with one attached hydrogen (secondary N) is 2. The monoisotopic (exact) mass is 395 g/mol. The van der Waals surface area contributed by atoms with E-state index in [0.717, 1.165) is 9.26 Å². The molecule has 2 aromatic rings. The van der Waals surface area contributed by atoms with Crippen molar-refractivity contribution in [2.45, 2.75) is 0 Å². The quantitative estimate of drug-likeness (QED) is 0.680. The Bertz CT molecular complexity index is 656. The van der Waals surface area contributed by atoms with Gasteiger partial charge in [-0.25, -0.2) is 0 Å². The van der Waals surface area contributed by atoms with Gasteiger partial charge in [0.05, 0.1) is 6.54 Å². The largest absolute Gasteiger partial charge is 0.376 e. The van der Waals surface area contributed by atoms with E-state index in [1.807, 2.05) is 24.3 Å². The molecule has 2 rings (SSSR count). The number of carbonyl (C=O) groups is 2. The lowest BCUT2D eigenvalue weighted by molar-refractivity contribution is -0.114. The minimum Gasteiger partial charge on any atom is -0.376 e. The van der Waals surface area contributed by atoms with E-state index in [4.69, 9.17) is 5.73 Å². The second-order valence-electron chi connectivity index (χ2n) is 4.35. The normalized spacial score (nSPS) is 9.95. The molecule has 0 aliphatic heterocycles. The first-order chi connectivity index (χ1) is 10.0. The fourth-order valence-electron chi connectivity index (χ4n) is 1.71. The molecule has 0 bridgehead atoms. The SMILES string of the molecule is NC(=O)c1cccc(NC(=O)CNc2ccc(I)cc2)c1. The summed E-state index contributed by atoms with van der Waals surface area (Å²) in [5.74, 6) is -0.724. The predicted octanol–water partition coefficient (Wildman–Crippen LogP) is 2.44. The molecule has 0 aliphatic carbocycles. The molecule has 0 saturated carbocycles. The maximum absolute atomic E-state index is 11.8. The van der Waals surface area contributed by atoms with Crippen LogP contribution in [0.3, 0.4) is 0 Å². The van der Waals surface area contributed by atoms with Crippen LogP contribution in [-0.2, 0) is 4.79 Å².